The fourth-order valence-electron chi connectivity index (χ4n) is 2.62. The van der Waals surface area contributed by atoms with E-state index < -0.39 is 0 Å². The van der Waals surface area contributed by atoms with Crippen molar-refractivity contribution >= 4 is 17.4 Å². The summed E-state index contributed by atoms with van der Waals surface area (Å²) < 4.78 is 5.42. The van der Waals surface area contributed by atoms with Gasteiger partial charge in [-0.3, -0.25) is 0 Å². The summed E-state index contributed by atoms with van der Waals surface area (Å²) in [6.45, 7) is 6.77. The largest absolute Gasteiger partial charge is 0.381 e. The SMILES string of the molecule is CCCNCc1cc(N(C)CC2CCOCC2)ncc1Cl. The van der Waals surface area contributed by atoms with Crippen LogP contribution in [-0.4, -0.2) is 38.3 Å². The summed E-state index contributed by atoms with van der Waals surface area (Å²) >= 11 is 6.23. The van der Waals surface area contributed by atoms with Gasteiger partial charge in [0, 0.05) is 39.5 Å². The van der Waals surface area contributed by atoms with Crippen molar-refractivity contribution in [2.75, 3.05) is 38.3 Å². The lowest BCUT2D eigenvalue weighted by Gasteiger charge is -2.28. The van der Waals surface area contributed by atoms with Crippen molar-refractivity contribution in [3.05, 3.63) is 22.8 Å². The van der Waals surface area contributed by atoms with Gasteiger partial charge >= 0.3 is 0 Å². The molecule has 5 heteroatoms. The van der Waals surface area contributed by atoms with Crippen LogP contribution in [0.4, 0.5) is 5.82 Å². The number of nitrogens with one attached hydrogen (secondary N) is 1. The van der Waals surface area contributed by atoms with Crippen molar-refractivity contribution in [3.63, 3.8) is 0 Å². The smallest absolute Gasteiger partial charge is 0.128 e. The Bertz CT molecular complexity index is 436. The molecule has 1 fully saturated rings. The highest BCUT2D eigenvalue weighted by molar-refractivity contribution is 6.31. The fourth-order valence-corrected chi connectivity index (χ4v) is 2.79. The number of rotatable bonds is 7. The second kappa shape index (κ2) is 8.57. The molecule has 1 saturated heterocycles. The molecule has 2 rings (SSSR count). The summed E-state index contributed by atoms with van der Waals surface area (Å²) in [5.41, 5.74) is 1.12. The molecular weight excluding hydrogens is 286 g/mol. The highest BCUT2D eigenvalue weighted by Crippen LogP contribution is 2.22. The summed E-state index contributed by atoms with van der Waals surface area (Å²) in [5, 5.41) is 4.13. The second-order valence-corrected chi connectivity index (χ2v) is 6.15. The Hall–Kier alpha value is -0.840. The van der Waals surface area contributed by atoms with Gasteiger partial charge < -0.3 is 15.0 Å². The Morgan fingerprint density at radius 1 is 1.43 bits per heavy atom. The minimum Gasteiger partial charge on any atom is -0.381 e. The second-order valence-electron chi connectivity index (χ2n) is 5.75. The first-order valence-electron chi connectivity index (χ1n) is 7.84. The zero-order valence-corrected chi connectivity index (χ0v) is 13.8. The van der Waals surface area contributed by atoms with Crippen molar-refractivity contribution < 1.29 is 4.74 Å². The third-order valence-corrected chi connectivity index (χ3v) is 4.27. The lowest BCUT2D eigenvalue weighted by molar-refractivity contribution is 0.0685. The summed E-state index contributed by atoms with van der Waals surface area (Å²) in [6.07, 6.45) is 5.17. The first-order valence-corrected chi connectivity index (χ1v) is 8.22. The quantitative estimate of drug-likeness (QED) is 0.785. The monoisotopic (exact) mass is 311 g/mol. The summed E-state index contributed by atoms with van der Waals surface area (Å²) in [5.74, 6) is 1.70. The van der Waals surface area contributed by atoms with E-state index in [0.29, 0.717) is 5.92 Å². The molecular formula is C16H26ClN3O. The molecule has 0 radical (unpaired) electrons. The number of pyridine rings is 1. The third-order valence-electron chi connectivity index (χ3n) is 3.93. The molecule has 0 unspecified atom stereocenters. The maximum absolute atomic E-state index is 6.23. The molecule has 4 nitrogen and oxygen atoms in total. The van der Waals surface area contributed by atoms with Crippen LogP contribution in [0.25, 0.3) is 0 Å². The van der Waals surface area contributed by atoms with Gasteiger partial charge in [0.15, 0.2) is 0 Å². The van der Waals surface area contributed by atoms with E-state index in [-0.39, 0.29) is 0 Å². The average molecular weight is 312 g/mol. The first kappa shape index (κ1) is 16.5. The van der Waals surface area contributed by atoms with E-state index in [9.17, 15) is 0 Å². The maximum atomic E-state index is 6.23. The van der Waals surface area contributed by atoms with Crippen molar-refractivity contribution in [2.24, 2.45) is 5.92 Å². The van der Waals surface area contributed by atoms with Crippen LogP contribution >= 0.6 is 11.6 Å². The van der Waals surface area contributed by atoms with Crippen LogP contribution in [-0.2, 0) is 11.3 Å². The molecule has 0 amide bonds. The normalized spacial score (nSPS) is 16.1. The van der Waals surface area contributed by atoms with E-state index >= 15 is 0 Å². The van der Waals surface area contributed by atoms with E-state index in [2.05, 4.69) is 35.2 Å². The highest BCUT2D eigenvalue weighted by Gasteiger charge is 2.17. The molecule has 2 heterocycles. The highest BCUT2D eigenvalue weighted by atomic mass is 35.5. The van der Waals surface area contributed by atoms with Gasteiger partial charge in [0.1, 0.15) is 5.82 Å². The predicted molar refractivity (Wildman–Crippen MR) is 88.1 cm³/mol. The molecule has 0 bridgehead atoms. The van der Waals surface area contributed by atoms with E-state index in [0.717, 1.165) is 68.5 Å². The van der Waals surface area contributed by atoms with Gasteiger partial charge in [0.05, 0.1) is 5.02 Å². The number of hydrogen-bond acceptors (Lipinski definition) is 4. The van der Waals surface area contributed by atoms with Gasteiger partial charge in [-0.05, 0) is 43.4 Å². The lowest BCUT2D eigenvalue weighted by Crippen LogP contribution is -2.30. The minimum atomic E-state index is 0.697. The van der Waals surface area contributed by atoms with Crippen LogP contribution < -0.4 is 10.2 Å². The van der Waals surface area contributed by atoms with Crippen LogP contribution in [0.5, 0.6) is 0 Å². The van der Waals surface area contributed by atoms with Gasteiger partial charge in [0.2, 0.25) is 0 Å². The Balaban J connectivity index is 1.95. The molecule has 0 aliphatic carbocycles. The van der Waals surface area contributed by atoms with Gasteiger partial charge in [-0.2, -0.15) is 0 Å². The standard InChI is InChI=1S/C16H26ClN3O/c1-3-6-18-10-14-9-16(19-11-15(14)17)20(2)12-13-4-7-21-8-5-13/h9,11,13,18H,3-8,10,12H2,1-2H3. The molecule has 1 N–H and O–H groups in total. The Morgan fingerprint density at radius 3 is 2.90 bits per heavy atom. The Labute approximate surface area is 132 Å². The molecule has 0 atom stereocenters. The topological polar surface area (TPSA) is 37.4 Å². The van der Waals surface area contributed by atoms with Gasteiger partial charge in [-0.15, -0.1) is 0 Å². The molecule has 0 spiro atoms. The van der Waals surface area contributed by atoms with Crippen LogP contribution in [0.3, 0.4) is 0 Å². The molecule has 1 aromatic rings. The third kappa shape index (κ3) is 5.13. The predicted octanol–water partition coefficient (Wildman–Crippen LogP) is 3.10. The zero-order valence-electron chi connectivity index (χ0n) is 13.1. The van der Waals surface area contributed by atoms with Crippen molar-refractivity contribution in [3.8, 4) is 0 Å². The summed E-state index contributed by atoms with van der Waals surface area (Å²) in [4.78, 5) is 6.70. The van der Waals surface area contributed by atoms with Crippen LogP contribution in [0.2, 0.25) is 5.02 Å². The van der Waals surface area contributed by atoms with Gasteiger partial charge in [-0.1, -0.05) is 18.5 Å². The Kier molecular flexibility index (Phi) is 6.74. The number of aromatic nitrogens is 1. The van der Waals surface area contributed by atoms with Crippen LogP contribution in [0.1, 0.15) is 31.7 Å². The van der Waals surface area contributed by atoms with Gasteiger partial charge in [-0.25, -0.2) is 4.98 Å². The fraction of sp³-hybridized carbons (Fsp3) is 0.688. The summed E-state index contributed by atoms with van der Waals surface area (Å²) in [6, 6.07) is 2.10. The Morgan fingerprint density at radius 2 is 2.19 bits per heavy atom. The van der Waals surface area contributed by atoms with Crippen molar-refractivity contribution in [1.29, 1.82) is 0 Å². The van der Waals surface area contributed by atoms with E-state index in [1.165, 1.54) is 0 Å². The van der Waals surface area contributed by atoms with Crippen LogP contribution in [0, 0.1) is 5.92 Å². The molecule has 1 aliphatic rings. The van der Waals surface area contributed by atoms with E-state index in [4.69, 9.17) is 16.3 Å². The maximum Gasteiger partial charge on any atom is 0.128 e. The van der Waals surface area contributed by atoms with E-state index in [1.807, 2.05) is 0 Å². The van der Waals surface area contributed by atoms with Crippen molar-refractivity contribution in [1.82, 2.24) is 10.3 Å². The van der Waals surface area contributed by atoms with Gasteiger partial charge in [0.25, 0.3) is 0 Å². The molecule has 21 heavy (non-hydrogen) atoms. The number of nitrogens with zero attached hydrogens (tertiary/aromatic N) is 2. The molecule has 0 saturated carbocycles. The number of ether oxygens (including phenoxy) is 1. The van der Waals surface area contributed by atoms with Crippen LogP contribution in [0.15, 0.2) is 12.3 Å². The van der Waals surface area contributed by atoms with Crippen molar-refractivity contribution in [2.45, 2.75) is 32.7 Å². The van der Waals surface area contributed by atoms with E-state index in [1.54, 1.807) is 6.20 Å². The number of hydrogen-bond donors (Lipinski definition) is 1. The number of halogens is 1. The molecule has 1 aromatic heterocycles. The minimum absolute atomic E-state index is 0.697. The first-order chi connectivity index (χ1) is 10.2. The molecule has 1 aliphatic heterocycles. The average Bonchev–Trinajstić information content (AvgIpc) is 2.50. The molecule has 0 aromatic carbocycles. The number of anilines is 1. The lowest BCUT2D eigenvalue weighted by atomic mass is 10.00. The summed E-state index contributed by atoms with van der Waals surface area (Å²) in [7, 11) is 2.11. The zero-order chi connectivity index (χ0) is 15.1. The molecule has 118 valence electrons.